The van der Waals surface area contributed by atoms with Crippen LogP contribution in [0.1, 0.15) is 97.5 Å². The van der Waals surface area contributed by atoms with Gasteiger partial charge in [0.15, 0.2) is 0 Å². The van der Waals surface area contributed by atoms with Gasteiger partial charge in [0.2, 0.25) is 0 Å². The molecule has 0 radical (unpaired) electrons. The van der Waals surface area contributed by atoms with Crippen LogP contribution >= 0.6 is 0 Å². The van der Waals surface area contributed by atoms with Crippen LogP contribution in [0.25, 0.3) is 56.3 Å². The third-order valence-electron chi connectivity index (χ3n) is 15.2. The number of allylic oxidation sites excluding steroid dienone is 6. The van der Waals surface area contributed by atoms with Crippen LogP contribution in [0, 0.1) is 13.8 Å². The Bertz CT molecular complexity index is 3740. The Morgan fingerprint density at radius 1 is 0.513 bits per heavy atom. The maximum Gasteiger partial charge on any atom is 0.0539 e. The predicted octanol–water partition coefficient (Wildman–Crippen LogP) is 21.1. The molecule has 0 spiro atoms. The maximum absolute atomic E-state index is 4.18. The van der Waals surface area contributed by atoms with Crippen molar-refractivity contribution in [3.63, 3.8) is 0 Å². The smallest absolute Gasteiger partial charge is 0.0539 e. The summed E-state index contributed by atoms with van der Waals surface area (Å²) in [4.78, 5) is 4.89. The van der Waals surface area contributed by atoms with Crippen LogP contribution in [0.15, 0.2) is 243 Å². The fraction of sp³-hybridized carbons (Fsp3) is 0.135. The molecular formula is C74H68N2. The standard InChI is InChI=1S/C64H54N2.C7H8.C3H6/c1-7-18-55-44(8-2)21-17-28-61(55)66(48-24-13-10-14-25-48)52-35-38-57-56-37-34-51(40-59(56)64(5,6)60(57)41-52)65(49-31-29-46(30-32-49)45-19-11-9-12-20-45)50-33-36-53(42(3)39-50)62-43(4)54-26-15-22-47-23-16-27-58(62)63(47)54;1-7-5-3-2-4-6-7;1-3-2/h7-9,11-13,15-41H,2,10,14H2,1,3-6H3;2-6H,1H3;3H,1H2,2H3/b18-7-;;. The molecule has 0 aromatic heterocycles. The molecule has 12 rings (SSSR count). The second-order valence-corrected chi connectivity index (χ2v) is 20.5. The van der Waals surface area contributed by atoms with Gasteiger partial charge < -0.3 is 9.80 Å². The van der Waals surface area contributed by atoms with Gasteiger partial charge in [-0.1, -0.05) is 202 Å². The van der Waals surface area contributed by atoms with E-state index in [1.54, 1.807) is 6.08 Å². The largest absolute Gasteiger partial charge is 0.310 e. The van der Waals surface area contributed by atoms with Crippen LogP contribution in [0.2, 0.25) is 0 Å². The van der Waals surface area contributed by atoms with Gasteiger partial charge in [-0.3, -0.25) is 0 Å². The lowest BCUT2D eigenvalue weighted by Crippen LogP contribution is -2.20. The van der Waals surface area contributed by atoms with E-state index in [2.05, 4.69) is 271 Å². The molecule has 0 amide bonds. The zero-order chi connectivity index (χ0) is 52.9. The molecule has 9 aromatic rings. The van der Waals surface area contributed by atoms with Gasteiger partial charge in [0.1, 0.15) is 0 Å². The first kappa shape index (κ1) is 50.8. The van der Waals surface area contributed by atoms with Gasteiger partial charge in [0.25, 0.3) is 0 Å². The highest BCUT2D eigenvalue weighted by Gasteiger charge is 2.37. The Balaban J connectivity index is 0.000000597. The van der Waals surface area contributed by atoms with E-state index in [1.165, 1.54) is 94.4 Å². The average Bonchev–Trinajstić information content (AvgIpc) is 3.90. The van der Waals surface area contributed by atoms with E-state index >= 15 is 0 Å². The lowest BCUT2D eigenvalue weighted by atomic mass is 9.82. The quantitative estimate of drug-likeness (QED) is 0.126. The summed E-state index contributed by atoms with van der Waals surface area (Å²) in [5, 5.41) is 2.66. The third kappa shape index (κ3) is 9.64. The van der Waals surface area contributed by atoms with Crippen molar-refractivity contribution < 1.29 is 0 Å². The van der Waals surface area contributed by atoms with E-state index in [4.69, 9.17) is 0 Å². The molecule has 0 saturated heterocycles. The van der Waals surface area contributed by atoms with Crippen molar-refractivity contribution in [1.82, 2.24) is 0 Å². The minimum atomic E-state index is -0.265. The second-order valence-electron chi connectivity index (χ2n) is 20.5. The second kappa shape index (κ2) is 22.0. The summed E-state index contributed by atoms with van der Waals surface area (Å²) in [5.74, 6) is 0. The Kier molecular flexibility index (Phi) is 14.7. The minimum Gasteiger partial charge on any atom is -0.310 e. The first-order valence-corrected chi connectivity index (χ1v) is 26.8. The number of rotatable bonds is 10. The van der Waals surface area contributed by atoms with E-state index in [-0.39, 0.29) is 5.41 Å². The molecular weight excluding hydrogens is 917 g/mol. The van der Waals surface area contributed by atoms with E-state index in [9.17, 15) is 0 Å². The molecule has 0 unspecified atom stereocenters. The molecule has 2 nitrogen and oxygen atoms in total. The average molecular weight is 985 g/mol. The summed E-state index contributed by atoms with van der Waals surface area (Å²) < 4.78 is 0. The zero-order valence-corrected chi connectivity index (χ0v) is 45.2. The molecule has 0 fully saturated rings. The molecule has 0 bridgehead atoms. The summed E-state index contributed by atoms with van der Waals surface area (Å²) in [6.07, 6.45) is 17.1. The molecule has 0 N–H and O–H groups in total. The van der Waals surface area contributed by atoms with E-state index in [0.29, 0.717) is 0 Å². The van der Waals surface area contributed by atoms with Crippen LogP contribution in [0.3, 0.4) is 0 Å². The summed E-state index contributed by atoms with van der Waals surface area (Å²) in [6, 6.07) is 71.2. The summed E-state index contributed by atoms with van der Waals surface area (Å²) in [7, 11) is 0. The van der Waals surface area contributed by atoms with Crippen molar-refractivity contribution in [1.29, 1.82) is 0 Å². The highest BCUT2D eigenvalue weighted by Crippen LogP contribution is 2.53. The van der Waals surface area contributed by atoms with Gasteiger partial charge in [0, 0.05) is 39.4 Å². The highest BCUT2D eigenvalue weighted by atomic mass is 15.2. The van der Waals surface area contributed by atoms with Crippen LogP contribution in [-0.4, -0.2) is 0 Å². The van der Waals surface area contributed by atoms with Gasteiger partial charge in [-0.2, -0.15) is 0 Å². The number of hydrogen-bond donors (Lipinski definition) is 0. The SMILES string of the molecule is C=CC.C=Cc1cccc(N(C2=CCCC=C2)c2ccc3c(c2)C(C)(C)c2cc(N(c4ccc(-c5ccccc5)cc4)c4ccc(C5=C(C)c6cccc7cccc5c67)c(C)c4)ccc2-3)c1/C=C\C.Cc1ccccc1. The fourth-order valence-corrected chi connectivity index (χ4v) is 11.5. The van der Waals surface area contributed by atoms with Crippen LogP contribution in [0.4, 0.5) is 28.4 Å². The fourth-order valence-electron chi connectivity index (χ4n) is 11.5. The molecule has 2 heteroatoms. The number of nitrogens with zero attached hydrogens (tertiary/aromatic N) is 2. The Hall–Kier alpha value is -8.72. The highest BCUT2D eigenvalue weighted by molar-refractivity contribution is 6.17. The molecule has 3 aliphatic carbocycles. The minimum absolute atomic E-state index is 0.265. The third-order valence-corrected chi connectivity index (χ3v) is 15.2. The number of hydrogen-bond acceptors (Lipinski definition) is 2. The van der Waals surface area contributed by atoms with Crippen molar-refractivity contribution in [2.75, 3.05) is 9.80 Å². The monoisotopic (exact) mass is 985 g/mol. The van der Waals surface area contributed by atoms with Crippen molar-refractivity contribution in [2.24, 2.45) is 0 Å². The molecule has 374 valence electrons. The maximum atomic E-state index is 4.18. The molecule has 76 heavy (non-hydrogen) atoms. The summed E-state index contributed by atoms with van der Waals surface area (Å²) >= 11 is 0. The van der Waals surface area contributed by atoms with Crippen LogP contribution in [0.5, 0.6) is 0 Å². The molecule has 9 aromatic carbocycles. The number of anilines is 5. The molecule has 0 atom stereocenters. The first-order chi connectivity index (χ1) is 37.1. The predicted molar refractivity (Wildman–Crippen MR) is 331 cm³/mol. The lowest BCUT2D eigenvalue weighted by molar-refractivity contribution is 0.660. The Morgan fingerprint density at radius 3 is 1.66 bits per heavy atom. The van der Waals surface area contributed by atoms with Gasteiger partial charge >= 0.3 is 0 Å². The number of aryl methyl sites for hydroxylation is 2. The van der Waals surface area contributed by atoms with Crippen molar-refractivity contribution in [3.8, 4) is 22.3 Å². The van der Waals surface area contributed by atoms with E-state index in [1.807, 2.05) is 31.2 Å². The summed E-state index contributed by atoms with van der Waals surface area (Å²) in [6.45, 7) is 22.9. The van der Waals surface area contributed by atoms with Crippen molar-refractivity contribution in [3.05, 3.63) is 293 Å². The molecule has 3 aliphatic rings. The first-order valence-electron chi connectivity index (χ1n) is 26.8. The number of benzene rings is 9. The number of fused-ring (bicyclic) bond motifs is 3. The van der Waals surface area contributed by atoms with Crippen LogP contribution in [-0.2, 0) is 5.41 Å². The zero-order valence-electron chi connectivity index (χ0n) is 45.2. The van der Waals surface area contributed by atoms with E-state index in [0.717, 1.165) is 46.8 Å². The topological polar surface area (TPSA) is 6.48 Å². The Labute approximate surface area is 452 Å². The van der Waals surface area contributed by atoms with Crippen molar-refractivity contribution >= 4 is 62.5 Å². The lowest BCUT2D eigenvalue weighted by Gasteiger charge is -2.31. The van der Waals surface area contributed by atoms with E-state index < -0.39 is 0 Å². The van der Waals surface area contributed by atoms with Crippen molar-refractivity contribution in [2.45, 2.75) is 66.7 Å². The molecule has 0 saturated carbocycles. The van der Waals surface area contributed by atoms with Gasteiger partial charge in [-0.25, -0.2) is 0 Å². The Morgan fingerprint density at radius 2 is 1.08 bits per heavy atom. The van der Waals surface area contributed by atoms with Gasteiger partial charge in [-0.15, -0.1) is 6.58 Å². The molecule has 0 aliphatic heterocycles. The summed E-state index contributed by atoms with van der Waals surface area (Å²) in [5.41, 5.74) is 25.8. The van der Waals surface area contributed by atoms with Gasteiger partial charge in [-0.05, 0) is 191 Å². The normalized spacial score (nSPS) is 13.5. The van der Waals surface area contributed by atoms with Gasteiger partial charge in [0.05, 0.1) is 5.69 Å². The molecule has 0 heterocycles. The van der Waals surface area contributed by atoms with Crippen LogP contribution < -0.4 is 9.80 Å².